The van der Waals surface area contributed by atoms with Crippen molar-refractivity contribution >= 4 is 11.7 Å². The molecule has 3 aliphatic rings. The van der Waals surface area contributed by atoms with Gasteiger partial charge in [-0.05, 0) is 29.8 Å². The van der Waals surface area contributed by atoms with Gasteiger partial charge in [0.2, 0.25) is 5.72 Å². The molecule has 1 spiro atoms. The van der Waals surface area contributed by atoms with Gasteiger partial charge in [0.1, 0.15) is 5.75 Å². The van der Waals surface area contributed by atoms with Gasteiger partial charge in [-0.15, -0.1) is 0 Å². The number of methoxy groups -OCH3 is 2. The summed E-state index contributed by atoms with van der Waals surface area (Å²) in [5.41, 5.74) is 3.56. The van der Waals surface area contributed by atoms with Gasteiger partial charge in [-0.1, -0.05) is 24.3 Å². The first-order valence-electron chi connectivity index (χ1n) is 8.75. The zero-order valence-corrected chi connectivity index (χ0v) is 15.5. The van der Waals surface area contributed by atoms with Gasteiger partial charge in [0.25, 0.3) is 0 Å². The molecule has 1 aromatic carbocycles. The van der Waals surface area contributed by atoms with E-state index in [2.05, 4.69) is 4.99 Å². The van der Waals surface area contributed by atoms with E-state index in [0.29, 0.717) is 0 Å². The van der Waals surface area contributed by atoms with Crippen LogP contribution < -0.4 is 10.5 Å². The summed E-state index contributed by atoms with van der Waals surface area (Å²) < 4.78 is 11.2. The molecule has 3 N–H and O–H groups in total. The van der Waals surface area contributed by atoms with Crippen LogP contribution in [0.15, 0.2) is 53.6 Å². The number of allylic oxidation sites excluding steroid dienone is 4. The fourth-order valence-electron chi connectivity index (χ4n) is 4.75. The Kier molecular flexibility index (Phi) is 3.73. The maximum absolute atomic E-state index is 11.8. The van der Waals surface area contributed by atoms with Gasteiger partial charge < -0.3 is 25.2 Å². The quantitative estimate of drug-likeness (QED) is 0.830. The highest BCUT2D eigenvalue weighted by Gasteiger charge is 2.74. The zero-order chi connectivity index (χ0) is 19.4. The molecule has 27 heavy (non-hydrogen) atoms. The van der Waals surface area contributed by atoms with Crippen LogP contribution in [0.1, 0.15) is 17.9 Å². The van der Waals surface area contributed by atoms with Gasteiger partial charge in [-0.25, -0.2) is 4.99 Å². The highest BCUT2D eigenvalue weighted by Crippen LogP contribution is 2.65. The fourth-order valence-corrected chi connectivity index (χ4v) is 4.75. The van der Waals surface area contributed by atoms with E-state index in [1.807, 2.05) is 36.4 Å². The number of hydrogen-bond donors (Lipinski definition) is 2. The van der Waals surface area contributed by atoms with Crippen molar-refractivity contribution in [3.8, 4) is 5.75 Å². The average molecular weight is 369 g/mol. The summed E-state index contributed by atoms with van der Waals surface area (Å²) in [4.78, 5) is 17.9. The van der Waals surface area contributed by atoms with E-state index in [4.69, 9.17) is 15.2 Å². The molecule has 0 bridgehead atoms. The second kappa shape index (κ2) is 5.68. The van der Waals surface area contributed by atoms with Crippen molar-refractivity contribution in [3.63, 3.8) is 0 Å². The van der Waals surface area contributed by atoms with Crippen molar-refractivity contribution in [3.05, 3.63) is 54.1 Å². The first-order valence-corrected chi connectivity index (χ1v) is 8.75. The van der Waals surface area contributed by atoms with E-state index in [-0.39, 0.29) is 18.2 Å². The van der Waals surface area contributed by atoms with E-state index in [1.165, 1.54) is 19.3 Å². The van der Waals surface area contributed by atoms with Crippen molar-refractivity contribution in [1.29, 1.82) is 0 Å². The molecule has 0 saturated heterocycles. The SMILES string of the molecule is COc1ccc([C@@H]2C3(C=CC(=O)C=C3)C[C@@]3(O)N(C)C(N)=N[C@@]23OC)cc1. The molecule has 7 heteroatoms. The molecule has 0 radical (unpaired) electrons. The molecule has 7 nitrogen and oxygen atoms in total. The first-order chi connectivity index (χ1) is 12.8. The van der Waals surface area contributed by atoms with E-state index in [0.717, 1.165) is 11.3 Å². The maximum atomic E-state index is 11.8. The highest BCUT2D eigenvalue weighted by molar-refractivity contribution is 6.00. The Bertz CT molecular complexity index is 860. The normalized spacial score (nSPS) is 33.5. The van der Waals surface area contributed by atoms with Crippen LogP contribution in [0, 0.1) is 5.41 Å². The summed E-state index contributed by atoms with van der Waals surface area (Å²) in [6, 6.07) is 7.58. The predicted octanol–water partition coefficient (Wildman–Crippen LogP) is 1.16. The van der Waals surface area contributed by atoms with Crippen molar-refractivity contribution in [1.82, 2.24) is 4.90 Å². The van der Waals surface area contributed by atoms with Crippen LogP contribution in [0.4, 0.5) is 0 Å². The lowest BCUT2D eigenvalue weighted by molar-refractivity contribution is -0.188. The molecule has 1 saturated carbocycles. The number of hydrogen-bond acceptors (Lipinski definition) is 7. The Labute approximate surface area is 157 Å². The van der Waals surface area contributed by atoms with Crippen molar-refractivity contribution in [2.75, 3.05) is 21.3 Å². The van der Waals surface area contributed by atoms with Crippen LogP contribution in [0.25, 0.3) is 0 Å². The van der Waals surface area contributed by atoms with E-state index in [9.17, 15) is 9.90 Å². The second-order valence-electron chi connectivity index (χ2n) is 7.31. The molecular weight excluding hydrogens is 346 g/mol. The summed E-state index contributed by atoms with van der Waals surface area (Å²) in [6.45, 7) is 0. The van der Waals surface area contributed by atoms with Crippen LogP contribution in [-0.2, 0) is 9.53 Å². The number of aliphatic imine (C=N–C) groups is 1. The molecule has 3 atom stereocenters. The minimum Gasteiger partial charge on any atom is -0.497 e. The minimum absolute atomic E-state index is 0.0824. The van der Waals surface area contributed by atoms with E-state index in [1.54, 1.807) is 19.1 Å². The lowest BCUT2D eigenvalue weighted by Gasteiger charge is -2.40. The number of fused-ring (bicyclic) bond motifs is 1. The van der Waals surface area contributed by atoms with Gasteiger partial charge in [0.15, 0.2) is 17.5 Å². The van der Waals surface area contributed by atoms with Crippen molar-refractivity contribution in [2.45, 2.75) is 23.8 Å². The Balaban J connectivity index is 1.95. The van der Waals surface area contributed by atoms with Crippen molar-refractivity contribution < 1.29 is 19.4 Å². The topological polar surface area (TPSA) is 97.4 Å². The molecule has 0 amide bonds. The summed E-state index contributed by atoms with van der Waals surface area (Å²) >= 11 is 0. The summed E-state index contributed by atoms with van der Waals surface area (Å²) in [7, 11) is 4.83. The number of nitrogens with two attached hydrogens (primary N) is 1. The third-order valence-electron chi connectivity index (χ3n) is 6.11. The fraction of sp³-hybridized carbons (Fsp3) is 0.400. The average Bonchev–Trinajstić information content (AvgIpc) is 3.00. The molecule has 2 aliphatic carbocycles. The Morgan fingerprint density at radius 3 is 2.41 bits per heavy atom. The number of nitrogens with zero attached hydrogens (tertiary/aromatic N) is 2. The van der Waals surface area contributed by atoms with Gasteiger partial charge in [0.05, 0.1) is 13.0 Å². The molecule has 4 rings (SSSR count). The predicted molar refractivity (Wildman–Crippen MR) is 100 cm³/mol. The van der Waals surface area contributed by atoms with Crippen LogP contribution in [-0.4, -0.2) is 54.5 Å². The number of ketones is 1. The Morgan fingerprint density at radius 2 is 1.85 bits per heavy atom. The van der Waals surface area contributed by atoms with Gasteiger partial charge in [0, 0.05) is 26.0 Å². The first kappa shape index (κ1) is 17.8. The van der Waals surface area contributed by atoms with Crippen molar-refractivity contribution in [2.24, 2.45) is 16.1 Å². The largest absolute Gasteiger partial charge is 0.497 e. The number of likely N-dealkylation sites (N-methyl/N-ethyl adjacent to an activating group) is 1. The van der Waals surface area contributed by atoms with Gasteiger partial charge in [-0.3, -0.25) is 4.79 Å². The monoisotopic (exact) mass is 369 g/mol. The van der Waals surface area contributed by atoms with Crippen LogP contribution in [0.5, 0.6) is 5.75 Å². The number of benzene rings is 1. The smallest absolute Gasteiger partial charge is 0.218 e. The van der Waals surface area contributed by atoms with Crippen LogP contribution in [0.3, 0.4) is 0 Å². The molecule has 0 aromatic heterocycles. The number of carbonyl (C=O) groups is 1. The van der Waals surface area contributed by atoms with Crippen LogP contribution >= 0.6 is 0 Å². The standard InChI is InChI=1S/C20H23N3O4/c1-23-17(21)22-20(27-3)16(13-4-6-15(26-2)7-5-13)18(12-19(20,23)25)10-8-14(24)9-11-18/h4-11,16,25H,12H2,1-3H3,(H2,21,22)/t16-,19+,20-/m1/s1. The number of guanidine groups is 1. The molecule has 142 valence electrons. The highest BCUT2D eigenvalue weighted by atomic mass is 16.5. The number of aliphatic hydroxyl groups is 1. The van der Waals surface area contributed by atoms with Gasteiger partial charge >= 0.3 is 0 Å². The van der Waals surface area contributed by atoms with Crippen LogP contribution in [0.2, 0.25) is 0 Å². The number of rotatable bonds is 3. The molecule has 1 heterocycles. The summed E-state index contributed by atoms with van der Waals surface area (Å²) in [6.07, 6.45) is 7.06. The molecule has 1 aliphatic heterocycles. The maximum Gasteiger partial charge on any atom is 0.218 e. The molecule has 0 unspecified atom stereocenters. The lowest BCUT2D eigenvalue weighted by atomic mass is 9.70. The number of carbonyl (C=O) groups excluding carboxylic acids is 1. The molecular formula is C20H23N3O4. The Hall–Kier alpha value is -2.64. The third-order valence-corrected chi connectivity index (χ3v) is 6.11. The van der Waals surface area contributed by atoms with Gasteiger partial charge in [-0.2, -0.15) is 0 Å². The summed E-state index contributed by atoms with van der Waals surface area (Å²) in [5, 5.41) is 11.7. The molecule has 1 fully saturated rings. The van der Waals surface area contributed by atoms with E-state index >= 15 is 0 Å². The zero-order valence-electron chi connectivity index (χ0n) is 15.5. The third kappa shape index (κ3) is 2.15. The Morgan fingerprint density at radius 1 is 1.22 bits per heavy atom. The lowest BCUT2D eigenvalue weighted by Crippen LogP contribution is -2.58. The summed E-state index contributed by atoms with van der Waals surface area (Å²) in [5.74, 6) is 0.465. The minimum atomic E-state index is -1.45. The molecule has 1 aromatic rings. The van der Waals surface area contributed by atoms with E-state index < -0.39 is 22.8 Å². The second-order valence-corrected chi connectivity index (χ2v) is 7.31. The number of ether oxygens (including phenoxy) is 2.